The monoisotopic (exact) mass is 474 g/mol. The number of carboxylic acids is 1. The lowest BCUT2D eigenvalue weighted by Crippen LogP contribution is -2.33. The number of fused-ring (bicyclic) bond motifs is 1. The van der Waals surface area contributed by atoms with Crippen LogP contribution in [0.15, 0.2) is 42.5 Å². The van der Waals surface area contributed by atoms with Crippen LogP contribution in [0.3, 0.4) is 0 Å². The number of rotatable bonds is 7. The Hall–Kier alpha value is -3.80. The van der Waals surface area contributed by atoms with Crippen molar-refractivity contribution in [1.29, 1.82) is 0 Å². The third-order valence-electron chi connectivity index (χ3n) is 7.03. The fraction of sp³-hybridized carbons (Fsp3) is 0.310. The van der Waals surface area contributed by atoms with Gasteiger partial charge in [0.25, 0.3) is 0 Å². The molecule has 182 valence electrons. The molecule has 3 aromatic rings. The Morgan fingerprint density at radius 3 is 1.66 bits per heavy atom. The number of carboxylic acid groups (broad SMARTS) is 1. The topological polar surface area (TPSA) is 104 Å². The quantitative estimate of drug-likeness (QED) is 0.390. The van der Waals surface area contributed by atoms with E-state index < -0.39 is 17.5 Å². The Balaban J connectivity index is 2.28. The summed E-state index contributed by atoms with van der Waals surface area (Å²) in [6, 6.07) is 11.7. The molecule has 4 rings (SSSR count). The Morgan fingerprint density at radius 1 is 0.771 bits per heavy atom. The summed E-state index contributed by atoms with van der Waals surface area (Å²) in [7, 11) is 0. The van der Waals surface area contributed by atoms with Crippen molar-refractivity contribution in [3.05, 3.63) is 92.5 Å². The van der Waals surface area contributed by atoms with Crippen molar-refractivity contribution in [2.45, 2.75) is 59.0 Å². The highest BCUT2D eigenvalue weighted by Gasteiger charge is 2.54. The lowest BCUT2D eigenvalue weighted by atomic mass is 9.73. The molecule has 0 aliphatic carbocycles. The van der Waals surface area contributed by atoms with Crippen molar-refractivity contribution in [1.82, 2.24) is 0 Å². The largest absolute Gasteiger partial charge is 0.507 e. The van der Waals surface area contributed by atoms with Crippen LogP contribution in [0, 0.1) is 0 Å². The minimum Gasteiger partial charge on any atom is -0.507 e. The Labute approximate surface area is 204 Å². The van der Waals surface area contributed by atoms with E-state index in [0.29, 0.717) is 53.5 Å². The molecule has 0 radical (unpaired) electrons. The summed E-state index contributed by atoms with van der Waals surface area (Å²) in [5.74, 6) is -1.82. The van der Waals surface area contributed by atoms with E-state index in [-0.39, 0.29) is 22.6 Å². The van der Waals surface area contributed by atoms with Gasteiger partial charge < -0.3 is 20.1 Å². The molecule has 0 fully saturated rings. The SMILES string of the molecule is CCc1ccc(CC)c(C2(c3c(CC)ccc(CC)c3O)OC(=O)c3ccc(C(=O)O)cc32)c1O. The highest BCUT2D eigenvalue weighted by molar-refractivity contribution is 5.99. The van der Waals surface area contributed by atoms with E-state index in [9.17, 15) is 24.9 Å². The summed E-state index contributed by atoms with van der Waals surface area (Å²) in [4.78, 5) is 25.2. The number of cyclic esters (lactones) is 1. The average molecular weight is 475 g/mol. The zero-order chi connectivity index (χ0) is 25.5. The van der Waals surface area contributed by atoms with Gasteiger partial charge in [0.1, 0.15) is 11.5 Å². The summed E-state index contributed by atoms with van der Waals surface area (Å²) in [5.41, 5.74) is 2.34. The van der Waals surface area contributed by atoms with E-state index in [1.807, 2.05) is 52.0 Å². The second-order valence-electron chi connectivity index (χ2n) is 8.77. The first-order valence-corrected chi connectivity index (χ1v) is 12.0. The fourth-order valence-corrected chi connectivity index (χ4v) is 5.19. The maximum absolute atomic E-state index is 13.3. The van der Waals surface area contributed by atoms with Gasteiger partial charge >= 0.3 is 11.9 Å². The molecule has 1 aliphatic rings. The summed E-state index contributed by atoms with van der Waals surface area (Å²) in [5, 5.41) is 32.9. The zero-order valence-electron chi connectivity index (χ0n) is 20.4. The second kappa shape index (κ2) is 9.10. The fourth-order valence-electron chi connectivity index (χ4n) is 5.19. The smallest absolute Gasteiger partial charge is 0.340 e. The van der Waals surface area contributed by atoms with Gasteiger partial charge in [0, 0.05) is 5.56 Å². The molecule has 35 heavy (non-hydrogen) atoms. The van der Waals surface area contributed by atoms with Gasteiger partial charge in [-0.05, 0) is 66.1 Å². The van der Waals surface area contributed by atoms with Crippen LogP contribution in [0.5, 0.6) is 11.5 Å². The van der Waals surface area contributed by atoms with Gasteiger partial charge in [-0.3, -0.25) is 0 Å². The van der Waals surface area contributed by atoms with Gasteiger partial charge in [0.05, 0.1) is 22.3 Å². The van der Waals surface area contributed by atoms with Gasteiger partial charge in [-0.15, -0.1) is 0 Å². The van der Waals surface area contributed by atoms with Crippen LogP contribution >= 0.6 is 0 Å². The number of hydrogen-bond acceptors (Lipinski definition) is 5. The molecular formula is C29H30O6. The maximum Gasteiger partial charge on any atom is 0.340 e. The Morgan fingerprint density at radius 2 is 1.23 bits per heavy atom. The molecule has 0 aromatic heterocycles. The molecule has 1 heterocycles. The number of ether oxygens (including phenoxy) is 1. The van der Waals surface area contributed by atoms with Crippen molar-refractivity contribution < 1.29 is 29.6 Å². The van der Waals surface area contributed by atoms with E-state index in [1.54, 1.807) is 0 Å². The van der Waals surface area contributed by atoms with Gasteiger partial charge in [-0.2, -0.15) is 0 Å². The van der Waals surface area contributed by atoms with Gasteiger partial charge in [-0.25, -0.2) is 9.59 Å². The Kier molecular flexibility index (Phi) is 6.32. The van der Waals surface area contributed by atoms with Crippen LogP contribution in [0.2, 0.25) is 0 Å². The van der Waals surface area contributed by atoms with E-state index in [2.05, 4.69) is 0 Å². The van der Waals surface area contributed by atoms with Gasteiger partial charge in [0.2, 0.25) is 0 Å². The van der Waals surface area contributed by atoms with Crippen molar-refractivity contribution in [3.63, 3.8) is 0 Å². The van der Waals surface area contributed by atoms with E-state index in [1.165, 1.54) is 18.2 Å². The molecular weight excluding hydrogens is 444 g/mol. The van der Waals surface area contributed by atoms with Crippen LogP contribution in [0.1, 0.15) is 87.4 Å². The van der Waals surface area contributed by atoms with Crippen molar-refractivity contribution in [3.8, 4) is 11.5 Å². The summed E-state index contributed by atoms with van der Waals surface area (Å²) in [6.45, 7) is 7.71. The summed E-state index contributed by atoms with van der Waals surface area (Å²) >= 11 is 0. The van der Waals surface area contributed by atoms with Crippen molar-refractivity contribution in [2.75, 3.05) is 0 Å². The van der Waals surface area contributed by atoms with Crippen LogP contribution < -0.4 is 0 Å². The predicted molar refractivity (Wildman–Crippen MR) is 132 cm³/mol. The molecule has 0 saturated carbocycles. The molecule has 1 aliphatic heterocycles. The van der Waals surface area contributed by atoms with Crippen LogP contribution in [-0.4, -0.2) is 27.3 Å². The first-order chi connectivity index (χ1) is 16.7. The number of hydrogen-bond donors (Lipinski definition) is 3. The molecule has 3 N–H and O–H groups in total. The van der Waals surface area contributed by atoms with Gasteiger partial charge in [-0.1, -0.05) is 52.0 Å². The van der Waals surface area contributed by atoms with Crippen molar-refractivity contribution >= 4 is 11.9 Å². The molecule has 3 aromatic carbocycles. The third kappa shape index (κ3) is 3.55. The number of carbonyl (C=O) groups is 2. The minimum atomic E-state index is -1.71. The predicted octanol–water partition coefficient (Wildman–Crippen LogP) is 5.51. The highest BCUT2D eigenvalue weighted by atomic mass is 16.6. The number of aryl methyl sites for hydroxylation is 4. The number of carbonyl (C=O) groups excluding carboxylic acids is 1. The molecule has 0 amide bonds. The van der Waals surface area contributed by atoms with Crippen molar-refractivity contribution in [2.24, 2.45) is 0 Å². The number of aromatic hydroxyl groups is 2. The van der Waals surface area contributed by atoms with E-state index in [4.69, 9.17) is 4.74 Å². The standard InChI is InChI=1S/C29H30O6/c1-5-16-9-11-18(7-3)25(30)23(16)29(24-17(6-2)10-12-19(8-4)26(24)31)22-15-20(27(32)33)13-14-21(22)28(34)35-29/h9-15,30-31H,5-8H2,1-4H3,(H,32,33). The number of benzene rings is 3. The van der Waals surface area contributed by atoms with E-state index >= 15 is 0 Å². The van der Waals surface area contributed by atoms with Crippen LogP contribution in [-0.2, 0) is 36.0 Å². The molecule has 0 atom stereocenters. The van der Waals surface area contributed by atoms with E-state index in [0.717, 1.165) is 11.1 Å². The average Bonchev–Trinajstić information content (AvgIpc) is 3.15. The van der Waals surface area contributed by atoms with Crippen LogP contribution in [0.4, 0.5) is 0 Å². The summed E-state index contributed by atoms with van der Waals surface area (Å²) in [6.07, 6.45) is 2.12. The number of phenols is 2. The third-order valence-corrected chi connectivity index (χ3v) is 7.03. The first kappa shape index (κ1) is 24.3. The second-order valence-corrected chi connectivity index (χ2v) is 8.77. The highest BCUT2D eigenvalue weighted by Crippen LogP contribution is 2.55. The molecule has 0 bridgehead atoms. The molecule has 0 unspecified atom stereocenters. The number of aromatic carboxylic acids is 1. The normalized spacial score (nSPS) is 14.0. The lowest BCUT2D eigenvalue weighted by Gasteiger charge is -2.35. The Bertz CT molecular complexity index is 1280. The minimum absolute atomic E-state index is 0.0141. The lowest BCUT2D eigenvalue weighted by molar-refractivity contribution is 0.0234. The summed E-state index contributed by atoms with van der Waals surface area (Å²) < 4.78 is 6.22. The van der Waals surface area contributed by atoms with Gasteiger partial charge in [0.15, 0.2) is 5.60 Å². The maximum atomic E-state index is 13.3. The molecule has 0 spiro atoms. The number of esters is 1. The molecule has 0 saturated heterocycles. The first-order valence-electron chi connectivity index (χ1n) is 12.0. The molecule has 6 nitrogen and oxygen atoms in total. The van der Waals surface area contributed by atoms with Crippen LogP contribution in [0.25, 0.3) is 0 Å². The zero-order valence-corrected chi connectivity index (χ0v) is 20.4. The molecule has 6 heteroatoms. The number of phenolic OH excluding ortho intramolecular Hbond substituents is 2.